The van der Waals surface area contributed by atoms with Gasteiger partial charge in [0.2, 0.25) is 0 Å². The molecule has 0 bridgehead atoms. The number of aryl methyl sites for hydroxylation is 2. The number of ether oxygens (including phenoxy) is 1. The van der Waals surface area contributed by atoms with Crippen LogP contribution >= 0.6 is 0 Å². The maximum Gasteiger partial charge on any atom is 0.0512 e. The van der Waals surface area contributed by atoms with Crippen LogP contribution in [0.2, 0.25) is 0 Å². The Labute approximate surface area is 240 Å². The van der Waals surface area contributed by atoms with Crippen molar-refractivity contribution in [1.29, 1.82) is 0 Å². The summed E-state index contributed by atoms with van der Waals surface area (Å²) in [5.74, 6) is 3.44. The molecular weight excluding hydrogens is 476 g/mol. The van der Waals surface area contributed by atoms with Crippen molar-refractivity contribution in [1.82, 2.24) is 0 Å². The predicted octanol–water partition coefficient (Wildman–Crippen LogP) is 10.00. The molecule has 2 heteroatoms. The quantitative estimate of drug-likeness (QED) is 0.260. The van der Waals surface area contributed by atoms with E-state index in [4.69, 9.17) is 4.74 Å². The van der Waals surface area contributed by atoms with Gasteiger partial charge in [-0.1, -0.05) is 75.9 Å². The second-order valence-corrected chi connectivity index (χ2v) is 13.0. The summed E-state index contributed by atoms with van der Waals surface area (Å²) in [4.78, 5) is 0. The van der Waals surface area contributed by atoms with Crippen molar-refractivity contribution in [2.75, 3.05) is 20.3 Å². The van der Waals surface area contributed by atoms with Crippen LogP contribution in [0.1, 0.15) is 131 Å². The lowest BCUT2D eigenvalue weighted by Crippen LogP contribution is -2.21. The molecule has 2 saturated carbocycles. The lowest BCUT2D eigenvalue weighted by molar-refractivity contribution is 0.0888. The van der Waals surface area contributed by atoms with Crippen molar-refractivity contribution in [3.8, 4) is 11.1 Å². The van der Waals surface area contributed by atoms with Gasteiger partial charge in [-0.15, -0.1) is 0 Å². The Morgan fingerprint density at radius 3 is 2.00 bits per heavy atom. The van der Waals surface area contributed by atoms with Gasteiger partial charge in [-0.3, -0.25) is 0 Å². The predicted molar refractivity (Wildman–Crippen MR) is 167 cm³/mol. The van der Waals surface area contributed by atoms with E-state index in [2.05, 4.69) is 57.2 Å². The molecule has 2 fully saturated rings. The summed E-state index contributed by atoms with van der Waals surface area (Å²) in [6.07, 6.45) is 18.6. The van der Waals surface area contributed by atoms with E-state index < -0.39 is 0 Å². The third-order valence-corrected chi connectivity index (χ3v) is 10.2. The van der Waals surface area contributed by atoms with Crippen molar-refractivity contribution in [2.45, 2.75) is 122 Å². The highest BCUT2D eigenvalue weighted by molar-refractivity contribution is 5.66. The van der Waals surface area contributed by atoms with Crippen LogP contribution in [0, 0.1) is 24.7 Å². The highest BCUT2D eigenvalue weighted by Crippen LogP contribution is 2.42. The van der Waals surface area contributed by atoms with Gasteiger partial charge in [0.1, 0.15) is 0 Å². The Hall–Kier alpha value is -1.64. The smallest absolute Gasteiger partial charge is 0.0512 e. The minimum Gasteiger partial charge on any atom is -0.396 e. The molecule has 0 saturated heterocycles. The first-order valence-electron chi connectivity index (χ1n) is 16.4. The molecule has 216 valence electrons. The molecule has 2 nitrogen and oxygen atoms in total. The first-order valence-corrected chi connectivity index (χ1v) is 16.4. The van der Waals surface area contributed by atoms with Crippen LogP contribution in [-0.2, 0) is 11.2 Å². The fourth-order valence-corrected chi connectivity index (χ4v) is 7.86. The summed E-state index contributed by atoms with van der Waals surface area (Å²) in [5.41, 5.74) is 8.96. The normalized spacial score (nSPS) is 24.5. The van der Waals surface area contributed by atoms with Crippen LogP contribution in [0.25, 0.3) is 11.1 Å². The van der Waals surface area contributed by atoms with Gasteiger partial charge in [-0.05, 0) is 128 Å². The fraction of sp³-hybridized carbons (Fsp3) is 0.676. The van der Waals surface area contributed by atoms with Crippen LogP contribution in [-0.4, -0.2) is 25.4 Å². The van der Waals surface area contributed by atoms with E-state index in [0.717, 1.165) is 30.6 Å². The summed E-state index contributed by atoms with van der Waals surface area (Å²) in [6, 6.07) is 14.6. The van der Waals surface area contributed by atoms with Crippen LogP contribution in [0.4, 0.5) is 0 Å². The minimum atomic E-state index is 0.245. The molecular formula is C37H56O2. The number of aliphatic hydroxyl groups excluding tert-OH is 1. The molecule has 0 radical (unpaired) electrons. The SMILES string of the molecule is CCCCCC1CCC(c2ccc(-c3ccc(C4CCC(CC(CO)COC)CC4)c(C)c3)cc2CC)CC1. The average molecular weight is 533 g/mol. The van der Waals surface area contributed by atoms with Gasteiger partial charge in [0.05, 0.1) is 6.61 Å². The summed E-state index contributed by atoms with van der Waals surface area (Å²) < 4.78 is 5.30. The van der Waals surface area contributed by atoms with E-state index in [0.29, 0.717) is 18.4 Å². The largest absolute Gasteiger partial charge is 0.396 e. The molecule has 2 aromatic rings. The number of methoxy groups -OCH3 is 1. The molecule has 2 aliphatic carbocycles. The zero-order valence-corrected chi connectivity index (χ0v) is 25.5. The van der Waals surface area contributed by atoms with Crippen LogP contribution in [0.3, 0.4) is 0 Å². The van der Waals surface area contributed by atoms with E-state index in [1.165, 1.54) is 93.7 Å². The molecule has 1 unspecified atom stereocenters. The Balaban J connectivity index is 1.37. The molecule has 0 heterocycles. The first kappa shape index (κ1) is 30.3. The first-order chi connectivity index (χ1) is 19.1. The number of unbranched alkanes of at least 4 members (excludes halogenated alkanes) is 2. The van der Waals surface area contributed by atoms with Crippen LogP contribution in [0.5, 0.6) is 0 Å². The Kier molecular flexibility index (Phi) is 12.0. The van der Waals surface area contributed by atoms with Gasteiger partial charge >= 0.3 is 0 Å². The Morgan fingerprint density at radius 1 is 0.795 bits per heavy atom. The van der Waals surface area contributed by atoms with Gasteiger partial charge in [0.15, 0.2) is 0 Å². The van der Waals surface area contributed by atoms with E-state index in [1.54, 1.807) is 23.8 Å². The highest BCUT2D eigenvalue weighted by atomic mass is 16.5. The average Bonchev–Trinajstić information content (AvgIpc) is 2.97. The summed E-state index contributed by atoms with van der Waals surface area (Å²) in [6.45, 7) is 7.89. The molecule has 2 aromatic carbocycles. The van der Waals surface area contributed by atoms with Crippen molar-refractivity contribution < 1.29 is 9.84 Å². The van der Waals surface area contributed by atoms with Gasteiger partial charge in [0.25, 0.3) is 0 Å². The van der Waals surface area contributed by atoms with E-state index >= 15 is 0 Å². The molecule has 1 atom stereocenters. The Bertz CT molecular complexity index is 994. The second-order valence-electron chi connectivity index (χ2n) is 13.0. The lowest BCUT2D eigenvalue weighted by Gasteiger charge is -2.31. The maximum atomic E-state index is 9.65. The van der Waals surface area contributed by atoms with E-state index in [-0.39, 0.29) is 6.61 Å². The van der Waals surface area contributed by atoms with Gasteiger partial charge in [-0.2, -0.15) is 0 Å². The standard InChI is InChI=1S/C37H56O2/c1-5-7-8-9-28-10-14-33(15-11-28)37-21-19-35(24-31(37)6-2)34-18-20-36(27(3)22-34)32-16-12-29(13-17-32)23-30(25-38)26-39-4/h18-22,24,28-30,32-33,38H,5-17,23,25-26H2,1-4H3. The third-order valence-electron chi connectivity index (χ3n) is 10.2. The zero-order chi connectivity index (χ0) is 27.6. The molecule has 0 aliphatic heterocycles. The summed E-state index contributed by atoms with van der Waals surface area (Å²) >= 11 is 0. The Morgan fingerprint density at radius 2 is 1.41 bits per heavy atom. The number of benzene rings is 2. The molecule has 1 N–H and O–H groups in total. The van der Waals surface area contributed by atoms with Crippen LogP contribution in [0.15, 0.2) is 36.4 Å². The van der Waals surface area contributed by atoms with Crippen LogP contribution < -0.4 is 0 Å². The van der Waals surface area contributed by atoms with Gasteiger partial charge in [-0.25, -0.2) is 0 Å². The molecule has 2 aliphatic rings. The molecule has 4 rings (SSSR count). The van der Waals surface area contributed by atoms with E-state index in [9.17, 15) is 5.11 Å². The molecule has 0 amide bonds. The number of hydrogen-bond donors (Lipinski definition) is 1. The monoisotopic (exact) mass is 532 g/mol. The third kappa shape index (κ3) is 8.20. The molecule has 0 spiro atoms. The summed E-state index contributed by atoms with van der Waals surface area (Å²) in [7, 11) is 1.74. The summed E-state index contributed by atoms with van der Waals surface area (Å²) in [5, 5.41) is 9.65. The van der Waals surface area contributed by atoms with Crippen molar-refractivity contribution in [3.05, 3.63) is 58.7 Å². The maximum absolute atomic E-state index is 9.65. The van der Waals surface area contributed by atoms with Crippen molar-refractivity contribution in [2.24, 2.45) is 17.8 Å². The zero-order valence-electron chi connectivity index (χ0n) is 25.5. The number of rotatable bonds is 13. The minimum absolute atomic E-state index is 0.245. The van der Waals surface area contributed by atoms with Gasteiger partial charge < -0.3 is 9.84 Å². The van der Waals surface area contributed by atoms with Crippen molar-refractivity contribution >= 4 is 0 Å². The number of aliphatic hydroxyl groups is 1. The fourth-order valence-electron chi connectivity index (χ4n) is 7.86. The van der Waals surface area contributed by atoms with Crippen molar-refractivity contribution in [3.63, 3.8) is 0 Å². The number of hydrogen-bond acceptors (Lipinski definition) is 2. The van der Waals surface area contributed by atoms with Gasteiger partial charge in [0, 0.05) is 19.6 Å². The topological polar surface area (TPSA) is 29.5 Å². The second kappa shape index (κ2) is 15.4. The molecule has 0 aromatic heterocycles. The highest BCUT2D eigenvalue weighted by Gasteiger charge is 2.26. The molecule has 39 heavy (non-hydrogen) atoms. The van der Waals surface area contributed by atoms with E-state index in [1.807, 2.05) is 0 Å². The lowest BCUT2D eigenvalue weighted by atomic mass is 9.74.